The lowest BCUT2D eigenvalue weighted by Gasteiger charge is -2.39. The van der Waals surface area contributed by atoms with E-state index in [0.29, 0.717) is 43.9 Å². The molecule has 0 radical (unpaired) electrons. The van der Waals surface area contributed by atoms with E-state index < -0.39 is 10.0 Å². The van der Waals surface area contributed by atoms with Gasteiger partial charge in [0.1, 0.15) is 0 Å². The minimum absolute atomic E-state index is 0.164. The van der Waals surface area contributed by atoms with Gasteiger partial charge in [0.15, 0.2) is 5.76 Å². The third-order valence-corrected chi connectivity index (χ3v) is 9.02. The van der Waals surface area contributed by atoms with Crippen molar-refractivity contribution >= 4 is 33.4 Å². The van der Waals surface area contributed by atoms with E-state index in [1.807, 2.05) is 32.0 Å². The van der Waals surface area contributed by atoms with Gasteiger partial charge >= 0.3 is 0 Å². The molecule has 2 aromatic carbocycles. The Hall–Kier alpha value is -3.14. The third kappa shape index (κ3) is 7.09. The first-order valence-electron chi connectivity index (χ1n) is 13.1. The number of furan rings is 1. The van der Waals surface area contributed by atoms with Gasteiger partial charge in [-0.2, -0.15) is 4.31 Å². The van der Waals surface area contributed by atoms with Crippen molar-refractivity contribution in [1.29, 1.82) is 0 Å². The van der Waals surface area contributed by atoms with Gasteiger partial charge in [-0.05, 0) is 68.1 Å². The smallest absolute Gasteiger partial charge is 0.289 e. The second-order valence-electron chi connectivity index (χ2n) is 9.80. The Balaban J connectivity index is 1.54. The van der Waals surface area contributed by atoms with E-state index in [4.69, 9.17) is 16.0 Å². The Kier molecular flexibility index (Phi) is 9.48. The van der Waals surface area contributed by atoms with Crippen molar-refractivity contribution < 1.29 is 22.4 Å². The number of hydrogen-bond donors (Lipinski definition) is 0. The van der Waals surface area contributed by atoms with E-state index in [1.54, 1.807) is 52.3 Å². The van der Waals surface area contributed by atoms with Gasteiger partial charge in [-0.15, -0.1) is 0 Å². The maximum absolute atomic E-state index is 13.8. The molecule has 1 aromatic heterocycles. The van der Waals surface area contributed by atoms with Gasteiger partial charge in [-0.3, -0.25) is 9.59 Å². The normalized spacial score (nSPS) is 14.5. The highest BCUT2D eigenvalue weighted by molar-refractivity contribution is 7.89. The first kappa shape index (κ1) is 28.9. The van der Waals surface area contributed by atoms with Crippen LogP contribution in [0.25, 0.3) is 0 Å². The number of nitrogens with zero attached hydrogens (tertiary/aromatic N) is 3. The van der Waals surface area contributed by atoms with Crippen LogP contribution < -0.4 is 0 Å². The van der Waals surface area contributed by atoms with Crippen LogP contribution >= 0.6 is 11.6 Å². The van der Waals surface area contributed by atoms with Gasteiger partial charge in [0, 0.05) is 37.2 Å². The molecule has 2 heterocycles. The fraction of sp³-hybridized carbons (Fsp3) is 0.379. The van der Waals surface area contributed by atoms with E-state index in [0.717, 1.165) is 11.1 Å². The summed E-state index contributed by atoms with van der Waals surface area (Å²) < 4.78 is 33.5. The number of sulfonamides is 1. The van der Waals surface area contributed by atoms with Crippen LogP contribution in [0.2, 0.25) is 5.02 Å². The first-order valence-corrected chi connectivity index (χ1v) is 14.9. The standard InChI is InChI=1S/C29H34ClN3O5S/c1-3-15-32(39(36,37)26-11-9-22(2)10-12-26)21-28(34)33(20-23-6-4-7-24(30)19-23)25-13-16-31(17-14-25)29(35)27-8-5-18-38-27/h4-12,18-19,25H,3,13-17,20-21H2,1-2H3. The molecule has 0 aliphatic carbocycles. The minimum atomic E-state index is -3.86. The van der Waals surface area contributed by atoms with E-state index >= 15 is 0 Å². The molecule has 39 heavy (non-hydrogen) atoms. The zero-order valence-corrected chi connectivity index (χ0v) is 23.8. The van der Waals surface area contributed by atoms with Crippen molar-refractivity contribution in [2.24, 2.45) is 0 Å². The van der Waals surface area contributed by atoms with Crippen LogP contribution in [0.15, 0.2) is 76.2 Å². The lowest BCUT2D eigenvalue weighted by atomic mass is 10.0. The summed E-state index contributed by atoms with van der Waals surface area (Å²) >= 11 is 6.22. The first-order chi connectivity index (χ1) is 18.7. The Labute approximate surface area is 235 Å². The molecule has 0 N–H and O–H groups in total. The fourth-order valence-corrected chi connectivity index (χ4v) is 6.52. The SMILES string of the molecule is CCCN(CC(=O)N(Cc1cccc(Cl)c1)C1CCN(C(=O)c2ccco2)CC1)S(=O)(=O)c1ccc(C)cc1. The van der Waals surface area contributed by atoms with Crippen molar-refractivity contribution in [3.63, 3.8) is 0 Å². The Morgan fingerprint density at radius 1 is 1.05 bits per heavy atom. The summed E-state index contributed by atoms with van der Waals surface area (Å²) in [7, 11) is -3.86. The maximum Gasteiger partial charge on any atom is 0.289 e. The molecule has 0 spiro atoms. The van der Waals surface area contributed by atoms with Crippen molar-refractivity contribution in [3.8, 4) is 0 Å². The molecular weight excluding hydrogens is 538 g/mol. The number of rotatable bonds is 10. The van der Waals surface area contributed by atoms with Crippen molar-refractivity contribution in [2.45, 2.75) is 50.6 Å². The second-order valence-corrected chi connectivity index (χ2v) is 12.2. The summed E-state index contributed by atoms with van der Waals surface area (Å²) in [4.78, 5) is 30.2. The minimum Gasteiger partial charge on any atom is -0.459 e. The van der Waals surface area contributed by atoms with Crippen molar-refractivity contribution in [2.75, 3.05) is 26.2 Å². The number of piperidine rings is 1. The van der Waals surface area contributed by atoms with Gasteiger partial charge < -0.3 is 14.2 Å². The monoisotopic (exact) mass is 571 g/mol. The Bertz CT molecular complexity index is 1370. The fourth-order valence-electron chi connectivity index (χ4n) is 4.82. The molecule has 8 nitrogen and oxygen atoms in total. The average Bonchev–Trinajstić information content (AvgIpc) is 3.47. The number of carbonyl (C=O) groups is 2. The molecule has 10 heteroatoms. The quantitative estimate of drug-likeness (QED) is 0.342. The number of carbonyl (C=O) groups excluding carboxylic acids is 2. The highest BCUT2D eigenvalue weighted by Gasteiger charge is 2.33. The Morgan fingerprint density at radius 3 is 2.38 bits per heavy atom. The number of aryl methyl sites for hydroxylation is 1. The van der Waals surface area contributed by atoms with E-state index in [-0.39, 0.29) is 41.6 Å². The largest absolute Gasteiger partial charge is 0.459 e. The molecule has 208 valence electrons. The molecule has 3 aromatic rings. The summed E-state index contributed by atoms with van der Waals surface area (Å²) in [6.07, 6.45) is 3.17. The van der Waals surface area contributed by atoms with Crippen molar-refractivity contribution in [3.05, 3.63) is 88.8 Å². The number of likely N-dealkylation sites (tertiary alicyclic amines) is 1. The van der Waals surface area contributed by atoms with Gasteiger partial charge in [0.05, 0.1) is 17.7 Å². The van der Waals surface area contributed by atoms with E-state index in [1.165, 1.54) is 10.6 Å². The van der Waals surface area contributed by atoms with Crippen LogP contribution in [-0.4, -0.2) is 66.6 Å². The highest BCUT2D eigenvalue weighted by Crippen LogP contribution is 2.24. The predicted octanol–water partition coefficient (Wildman–Crippen LogP) is 4.98. The molecule has 0 unspecified atom stereocenters. The third-order valence-electron chi connectivity index (χ3n) is 6.93. The molecule has 1 saturated heterocycles. The van der Waals surface area contributed by atoms with Crippen LogP contribution in [0.1, 0.15) is 47.9 Å². The number of amides is 2. The predicted molar refractivity (Wildman–Crippen MR) is 150 cm³/mol. The molecular formula is C29H34ClN3O5S. The van der Waals surface area contributed by atoms with Crippen LogP contribution in [-0.2, 0) is 21.4 Å². The molecule has 4 rings (SSSR count). The molecule has 0 bridgehead atoms. The molecule has 2 amide bonds. The summed E-state index contributed by atoms with van der Waals surface area (Å²) in [6, 6.07) is 17.1. The van der Waals surface area contributed by atoms with Crippen LogP contribution in [0, 0.1) is 6.92 Å². The van der Waals surface area contributed by atoms with Gasteiger partial charge in [0.2, 0.25) is 15.9 Å². The molecule has 1 aliphatic rings. The Morgan fingerprint density at radius 2 is 1.77 bits per heavy atom. The van der Waals surface area contributed by atoms with E-state index in [2.05, 4.69) is 0 Å². The number of benzene rings is 2. The van der Waals surface area contributed by atoms with E-state index in [9.17, 15) is 18.0 Å². The molecule has 0 saturated carbocycles. The zero-order valence-electron chi connectivity index (χ0n) is 22.3. The summed E-state index contributed by atoms with van der Waals surface area (Å²) in [5.74, 6) is -0.170. The topological polar surface area (TPSA) is 91.1 Å². The summed E-state index contributed by atoms with van der Waals surface area (Å²) in [5, 5.41) is 0.563. The molecule has 1 fully saturated rings. The van der Waals surface area contributed by atoms with Crippen LogP contribution in [0.4, 0.5) is 0 Å². The summed E-state index contributed by atoms with van der Waals surface area (Å²) in [5.41, 5.74) is 1.81. The lowest BCUT2D eigenvalue weighted by Crippen LogP contribution is -2.51. The lowest BCUT2D eigenvalue weighted by molar-refractivity contribution is -0.135. The molecule has 1 aliphatic heterocycles. The van der Waals surface area contributed by atoms with Crippen LogP contribution in [0.3, 0.4) is 0 Å². The zero-order chi connectivity index (χ0) is 28.0. The van der Waals surface area contributed by atoms with Gasteiger partial charge in [-0.1, -0.05) is 48.4 Å². The van der Waals surface area contributed by atoms with Crippen molar-refractivity contribution in [1.82, 2.24) is 14.1 Å². The van der Waals surface area contributed by atoms with Gasteiger partial charge in [0.25, 0.3) is 5.91 Å². The molecule has 0 atom stereocenters. The second kappa shape index (κ2) is 12.8. The maximum atomic E-state index is 13.8. The number of hydrogen-bond acceptors (Lipinski definition) is 5. The number of halogens is 1. The average molecular weight is 572 g/mol. The van der Waals surface area contributed by atoms with Gasteiger partial charge in [-0.25, -0.2) is 8.42 Å². The highest BCUT2D eigenvalue weighted by atomic mass is 35.5. The summed E-state index contributed by atoms with van der Waals surface area (Å²) in [6.45, 7) is 4.95. The van der Waals surface area contributed by atoms with Crippen LogP contribution in [0.5, 0.6) is 0 Å².